The minimum atomic E-state index is -0.646. The number of amidine groups is 1. The Labute approximate surface area is 185 Å². The summed E-state index contributed by atoms with van der Waals surface area (Å²) < 4.78 is 0. The first kappa shape index (κ1) is 20.2. The van der Waals surface area contributed by atoms with E-state index < -0.39 is 11.1 Å². The lowest BCUT2D eigenvalue weighted by Gasteiger charge is -2.34. The fourth-order valence-electron chi connectivity index (χ4n) is 4.27. The standard InChI is InChI=1S/C23H22N6O3/c1-15-21-25-22(27-12-10-26(2)11-13-27)23(30)28(21)19-9-8-17(29(31)32)14-18(19)20(24-15)16-6-4-3-5-7-16/h3-9,14,22H,1,10-13H2,2H3. The Hall–Kier alpha value is -3.69. The second-order valence-corrected chi connectivity index (χ2v) is 8.07. The first-order valence-corrected chi connectivity index (χ1v) is 10.4. The number of fused-ring (bicyclic) bond motifs is 3. The molecule has 9 nitrogen and oxygen atoms in total. The van der Waals surface area contributed by atoms with E-state index in [1.54, 1.807) is 6.07 Å². The summed E-state index contributed by atoms with van der Waals surface area (Å²) >= 11 is 0. The molecule has 0 aliphatic carbocycles. The van der Waals surface area contributed by atoms with Crippen LogP contribution in [0.25, 0.3) is 0 Å². The van der Waals surface area contributed by atoms with E-state index in [0.717, 1.165) is 31.7 Å². The first-order valence-electron chi connectivity index (χ1n) is 10.4. The molecule has 1 unspecified atom stereocenters. The molecule has 162 valence electrons. The normalized spacial score (nSPS) is 21.5. The number of anilines is 1. The van der Waals surface area contributed by atoms with Crippen molar-refractivity contribution in [1.82, 2.24) is 9.80 Å². The minimum Gasteiger partial charge on any atom is -0.304 e. The molecule has 0 N–H and O–H groups in total. The minimum absolute atomic E-state index is 0.0688. The molecule has 2 aromatic carbocycles. The van der Waals surface area contributed by atoms with Gasteiger partial charge in [-0.3, -0.25) is 24.7 Å². The molecule has 5 rings (SSSR count). The van der Waals surface area contributed by atoms with Crippen LogP contribution in [0.5, 0.6) is 0 Å². The third-order valence-electron chi connectivity index (χ3n) is 6.02. The average Bonchev–Trinajstić information content (AvgIpc) is 3.09. The predicted molar refractivity (Wildman–Crippen MR) is 122 cm³/mol. The molecule has 3 aliphatic heterocycles. The number of non-ortho nitro benzene ring substituents is 1. The molecule has 32 heavy (non-hydrogen) atoms. The van der Waals surface area contributed by atoms with E-state index >= 15 is 0 Å². The van der Waals surface area contributed by atoms with Crippen LogP contribution in [0.4, 0.5) is 11.4 Å². The number of piperazine rings is 1. The van der Waals surface area contributed by atoms with E-state index in [9.17, 15) is 14.9 Å². The highest BCUT2D eigenvalue weighted by Gasteiger charge is 2.43. The first-order chi connectivity index (χ1) is 15.4. The van der Waals surface area contributed by atoms with Gasteiger partial charge in [0.15, 0.2) is 12.0 Å². The molecular weight excluding hydrogens is 408 g/mol. The lowest BCUT2D eigenvalue weighted by atomic mass is 9.99. The molecule has 1 amide bonds. The lowest BCUT2D eigenvalue weighted by Crippen LogP contribution is -2.52. The van der Waals surface area contributed by atoms with Crippen LogP contribution >= 0.6 is 0 Å². The van der Waals surface area contributed by atoms with Crippen LogP contribution in [0.15, 0.2) is 70.8 Å². The van der Waals surface area contributed by atoms with Crippen molar-refractivity contribution in [2.75, 3.05) is 38.1 Å². The number of rotatable bonds is 3. The van der Waals surface area contributed by atoms with Gasteiger partial charge in [0.05, 0.1) is 22.0 Å². The van der Waals surface area contributed by atoms with Crippen LogP contribution in [-0.4, -0.2) is 71.6 Å². The van der Waals surface area contributed by atoms with E-state index in [-0.39, 0.29) is 11.6 Å². The van der Waals surface area contributed by atoms with E-state index in [1.165, 1.54) is 17.0 Å². The number of hydrogen-bond acceptors (Lipinski definition) is 7. The van der Waals surface area contributed by atoms with Gasteiger partial charge in [0.1, 0.15) is 0 Å². The zero-order valence-electron chi connectivity index (χ0n) is 17.6. The van der Waals surface area contributed by atoms with Crippen molar-refractivity contribution in [3.63, 3.8) is 0 Å². The number of likely N-dealkylation sites (N-methyl/N-ethyl adjacent to an activating group) is 1. The van der Waals surface area contributed by atoms with Crippen molar-refractivity contribution < 1.29 is 9.72 Å². The van der Waals surface area contributed by atoms with Crippen LogP contribution in [0.2, 0.25) is 0 Å². The van der Waals surface area contributed by atoms with Crippen LogP contribution in [0.1, 0.15) is 11.1 Å². The molecular formula is C23H22N6O3. The van der Waals surface area contributed by atoms with Crippen molar-refractivity contribution in [3.05, 3.63) is 82.0 Å². The van der Waals surface area contributed by atoms with E-state index in [1.807, 2.05) is 30.3 Å². The second-order valence-electron chi connectivity index (χ2n) is 8.07. The van der Waals surface area contributed by atoms with Gasteiger partial charge in [0.25, 0.3) is 11.6 Å². The van der Waals surface area contributed by atoms with Gasteiger partial charge in [-0.25, -0.2) is 9.98 Å². The van der Waals surface area contributed by atoms with Gasteiger partial charge in [0, 0.05) is 49.4 Å². The SMILES string of the molecule is C=C1N=C(c2ccccc2)c2cc([N+](=O)[O-])ccc2N2C(=O)C(N3CCN(C)CC3)N=C12. The van der Waals surface area contributed by atoms with Gasteiger partial charge in [-0.2, -0.15) is 0 Å². The quantitative estimate of drug-likeness (QED) is 0.550. The molecule has 3 aliphatic rings. The third kappa shape index (κ3) is 3.31. The Morgan fingerprint density at radius 3 is 2.50 bits per heavy atom. The maximum Gasteiger partial charge on any atom is 0.272 e. The summed E-state index contributed by atoms with van der Waals surface area (Å²) in [6.07, 6.45) is -0.646. The number of nitrogens with zero attached hydrogens (tertiary/aromatic N) is 6. The van der Waals surface area contributed by atoms with Gasteiger partial charge in [-0.1, -0.05) is 36.9 Å². The van der Waals surface area contributed by atoms with Gasteiger partial charge in [-0.05, 0) is 13.1 Å². The maximum atomic E-state index is 13.6. The topological polar surface area (TPSA) is 94.6 Å². The molecule has 0 bridgehead atoms. The van der Waals surface area contributed by atoms with Crippen LogP contribution < -0.4 is 4.90 Å². The monoisotopic (exact) mass is 430 g/mol. The van der Waals surface area contributed by atoms with Gasteiger partial charge in [0.2, 0.25) is 0 Å². The van der Waals surface area contributed by atoms with Gasteiger partial charge < -0.3 is 4.90 Å². The Morgan fingerprint density at radius 2 is 1.81 bits per heavy atom. The number of carbonyl (C=O) groups is 1. The number of aliphatic imine (C=N–C) groups is 2. The van der Waals surface area contributed by atoms with E-state index in [0.29, 0.717) is 28.5 Å². The smallest absolute Gasteiger partial charge is 0.272 e. The van der Waals surface area contributed by atoms with E-state index in [4.69, 9.17) is 9.98 Å². The molecule has 1 saturated heterocycles. The number of carbonyl (C=O) groups excluding carboxylic acids is 1. The molecule has 0 aromatic heterocycles. The van der Waals surface area contributed by atoms with E-state index in [2.05, 4.69) is 23.4 Å². The Kier molecular flexibility index (Phi) is 4.91. The lowest BCUT2D eigenvalue weighted by molar-refractivity contribution is -0.384. The number of hydrogen-bond donors (Lipinski definition) is 0. The van der Waals surface area contributed by atoms with Crippen LogP contribution in [0, 0.1) is 10.1 Å². The maximum absolute atomic E-state index is 13.6. The van der Waals surface area contributed by atoms with Crippen LogP contribution in [-0.2, 0) is 4.79 Å². The Morgan fingerprint density at radius 1 is 1.09 bits per heavy atom. The summed E-state index contributed by atoms with van der Waals surface area (Å²) in [5.41, 5.74) is 2.62. The summed E-state index contributed by atoms with van der Waals surface area (Å²) in [7, 11) is 2.05. The molecule has 1 fully saturated rings. The second kappa shape index (κ2) is 7.77. The summed E-state index contributed by atoms with van der Waals surface area (Å²) in [4.78, 5) is 39.8. The van der Waals surface area contributed by atoms with Crippen molar-refractivity contribution in [1.29, 1.82) is 0 Å². The van der Waals surface area contributed by atoms with Crippen molar-refractivity contribution in [3.8, 4) is 0 Å². The third-order valence-corrected chi connectivity index (χ3v) is 6.02. The molecule has 0 radical (unpaired) electrons. The summed E-state index contributed by atoms with van der Waals surface area (Å²) in [5, 5.41) is 11.5. The molecule has 9 heteroatoms. The average molecular weight is 430 g/mol. The number of nitro groups is 1. The fraction of sp³-hybridized carbons (Fsp3) is 0.261. The van der Waals surface area contributed by atoms with Crippen molar-refractivity contribution >= 4 is 28.8 Å². The van der Waals surface area contributed by atoms with Gasteiger partial charge in [-0.15, -0.1) is 0 Å². The van der Waals surface area contributed by atoms with Crippen LogP contribution in [0.3, 0.4) is 0 Å². The zero-order valence-corrected chi connectivity index (χ0v) is 17.6. The summed E-state index contributed by atoms with van der Waals surface area (Å²) in [5.74, 6) is 0.199. The number of amides is 1. The van der Waals surface area contributed by atoms with Gasteiger partial charge >= 0.3 is 0 Å². The number of benzene rings is 2. The highest BCUT2D eigenvalue weighted by molar-refractivity contribution is 6.33. The Bertz CT molecular complexity index is 1180. The highest BCUT2D eigenvalue weighted by atomic mass is 16.6. The molecule has 0 saturated carbocycles. The fourth-order valence-corrected chi connectivity index (χ4v) is 4.27. The predicted octanol–water partition coefficient (Wildman–Crippen LogP) is 2.28. The molecule has 2 aromatic rings. The highest BCUT2D eigenvalue weighted by Crippen LogP contribution is 2.36. The molecule has 1 atom stereocenters. The summed E-state index contributed by atoms with van der Waals surface area (Å²) in [6, 6.07) is 13.9. The van der Waals surface area contributed by atoms with Crippen molar-refractivity contribution in [2.24, 2.45) is 9.98 Å². The molecule has 3 heterocycles. The number of nitro benzene ring substituents is 1. The summed E-state index contributed by atoms with van der Waals surface area (Å²) in [6.45, 7) is 7.26. The molecule has 0 spiro atoms. The Balaban J connectivity index is 1.65. The zero-order chi connectivity index (χ0) is 22.4. The van der Waals surface area contributed by atoms with Crippen molar-refractivity contribution in [2.45, 2.75) is 6.17 Å². The largest absolute Gasteiger partial charge is 0.304 e.